The summed E-state index contributed by atoms with van der Waals surface area (Å²) in [6, 6.07) is 9.92. The molecule has 0 bridgehead atoms. The van der Waals surface area contributed by atoms with E-state index >= 15 is 0 Å². The van der Waals surface area contributed by atoms with Crippen molar-refractivity contribution in [3.63, 3.8) is 0 Å². The van der Waals surface area contributed by atoms with Crippen molar-refractivity contribution >= 4 is 0 Å². The van der Waals surface area contributed by atoms with Crippen LogP contribution in [0, 0.1) is 12.3 Å². The Morgan fingerprint density at radius 1 is 1.40 bits per heavy atom. The van der Waals surface area contributed by atoms with Crippen LogP contribution >= 0.6 is 0 Å². The van der Waals surface area contributed by atoms with E-state index in [1.54, 1.807) is 7.11 Å². The lowest BCUT2D eigenvalue weighted by Crippen LogP contribution is -2.34. The van der Waals surface area contributed by atoms with E-state index in [0.29, 0.717) is 0 Å². The average molecular weight is 203 g/mol. The van der Waals surface area contributed by atoms with Crippen LogP contribution in [0.1, 0.15) is 18.6 Å². The van der Waals surface area contributed by atoms with E-state index < -0.39 is 0 Å². The number of nitrogens with one attached hydrogen (secondary N) is 1. The quantitative estimate of drug-likeness (QED) is 0.739. The Kier molecular flexibility index (Phi) is 4.89. The number of rotatable bonds is 5. The summed E-state index contributed by atoms with van der Waals surface area (Å²) in [4.78, 5) is 0. The molecule has 1 rings (SSSR count). The first-order valence-electron chi connectivity index (χ1n) is 5.10. The van der Waals surface area contributed by atoms with Gasteiger partial charge < -0.3 is 10.1 Å². The van der Waals surface area contributed by atoms with E-state index in [-0.39, 0.29) is 12.1 Å². The summed E-state index contributed by atoms with van der Waals surface area (Å²) in [5.74, 6) is 2.72. The second-order valence-electron chi connectivity index (χ2n) is 3.27. The third-order valence-corrected chi connectivity index (χ3v) is 2.29. The summed E-state index contributed by atoms with van der Waals surface area (Å²) >= 11 is 0. The van der Waals surface area contributed by atoms with Crippen LogP contribution in [0.25, 0.3) is 0 Å². The highest BCUT2D eigenvalue weighted by Gasteiger charge is 2.19. The minimum absolute atomic E-state index is 0.0811. The minimum atomic E-state index is -0.0869. The van der Waals surface area contributed by atoms with Crippen LogP contribution in [0.5, 0.6) is 0 Å². The van der Waals surface area contributed by atoms with Gasteiger partial charge in [0, 0.05) is 7.11 Å². The summed E-state index contributed by atoms with van der Waals surface area (Å²) in [5.41, 5.74) is 1.10. The smallest absolute Gasteiger partial charge is 0.109 e. The molecule has 0 aliphatic rings. The van der Waals surface area contributed by atoms with Crippen LogP contribution in [0.4, 0.5) is 0 Å². The van der Waals surface area contributed by atoms with E-state index in [9.17, 15) is 0 Å². The topological polar surface area (TPSA) is 21.3 Å². The molecule has 0 spiro atoms. The summed E-state index contributed by atoms with van der Waals surface area (Å²) in [6.07, 6.45) is 5.39. The molecule has 2 atom stereocenters. The molecule has 2 nitrogen and oxygen atoms in total. The predicted molar refractivity (Wildman–Crippen MR) is 62.5 cm³/mol. The average Bonchev–Trinajstić information content (AvgIpc) is 2.30. The Morgan fingerprint density at radius 2 is 2.07 bits per heavy atom. The van der Waals surface area contributed by atoms with Gasteiger partial charge in [0.1, 0.15) is 6.10 Å². The lowest BCUT2D eigenvalue weighted by Gasteiger charge is -2.22. The molecule has 0 saturated heterocycles. The molecule has 1 aromatic rings. The Morgan fingerprint density at radius 3 is 2.53 bits per heavy atom. The van der Waals surface area contributed by atoms with Crippen LogP contribution in [0.3, 0.4) is 0 Å². The fraction of sp³-hybridized carbons (Fsp3) is 0.385. The van der Waals surface area contributed by atoms with Gasteiger partial charge in [-0.3, -0.25) is 0 Å². The molecule has 0 aromatic heterocycles. The SMILES string of the molecule is C#CC(NCC)C(OC)c1ccccc1. The van der Waals surface area contributed by atoms with Crippen molar-refractivity contribution in [3.05, 3.63) is 35.9 Å². The Hall–Kier alpha value is -1.30. The van der Waals surface area contributed by atoms with Crippen LogP contribution in [0.2, 0.25) is 0 Å². The van der Waals surface area contributed by atoms with E-state index in [4.69, 9.17) is 11.2 Å². The van der Waals surface area contributed by atoms with Crippen molar-refractivity contribution in [3.8, 4) is 12.3 Å². The zero-order valence-electron chi connectivity index (χ0n) is 9.23. The predicted octanol–water partition coefficient (Wildman–Crippen LogP) is 1.99. The van der Waals surface area contributed by atoms with Gasteiger partial charge >= 0.3 is 0 Å². The number of ether oxygens (including phenoxy) is 1. The Balaban J connectivity index is 2.83. The molecule has 0 fully saturated rings. The maximum atomic E-state index is 5.48. The van der Waals surface area contributed by atoms with Gasteiger partial charge in [-0.2, -0.15) is 0 Å². The number of likely N-dealkylation sites (N-methyl/N-ethyl adjacent to an activating group) is 1. The highest BCUT2D eigenvalue weighted by Crippen LogP contribution is 2.19. The number of methoxy groups -OCH3 is 1. The summed E-state index contributed by atoms with van der Waals surface area (Å²) in [7, 11) is 1.68. The normalized spacial score (nSPS) is 14.2. The van der Waals surface area contributed by atoms with Gasteiger partial charge in [0.05, 0.1) is 6.04 Å². The molecule has 0 aliphatic heterocycles. The maximum absolute atomic E-state index is 5.48. The molecule has 0 amide bonds. The number of hydrogen-bond acceptors (Lipinski definition) is 2. The summed E-state index contributed by atoms with van der Waals surface area (Å²) in [6.45, 7) is 2.86. The van der Waals surface area contributed by atoms with Gasteiger partial charge in [0.2, 0.25) is 0 Å². The molecule has 0 aliphatic carbocycles. The number of hydrogen-bond donors (Lipinski definition) is 1. The van der Waals surface area contributed by atoms with E-state index in [0.717, 1.165) is 12.1 Å². The second-order valence-corrected chi connectivity index (χ2v) is 3.27. The third-order valence-electron chi connectivity index (χ3n) is 2.29. The van der Waals surface area contributed by atoms with Gasteiger partial charge in [0.15, 0.2) is 0 Å². The fourth-order valence-corrected chi connectivity index (χ4v) is 1.58. The van der Waals surface area contributed by atoms with Crippen molar-refractivity contribution in [2.24, 2.45) is 0 Å². The second kappa shape index (κ2) is 6.23. The zero-order valence-corrected chi connectivity index (χ0v) is 9.23. The highest BCUT2D eigenvalue weighted by molar-refractivity contribution is 5.22. The molecule has 1 aromatic carbocycles. The molecule has 2 heteroatoms. The molecule has 80 valence electrons. The van der Waals surface area contributed by atoms with Crippen molar-refractivity contribution in [2.75, 3.05) is 13.7 Å². The van der Waals surface area contributed by atoms with E-state index in [1.165, 1.54) is 0 Å². The number of terminal acetylenes is 1. The van der Waals surface area contributed by atoms with Gasteiger partial charge in [-0.25, -0.2) is 0 Å². The first-order valence-corrected chi connectivity index (χ1v) is 5.10. The standard InChI is InChI=1S/C13H17NO/c1-4-12(14-5-2)13(15-3)11-9-7-6-8-10-11/h1,6-10,12-14H,5H2,2-3H3. The van der Waals surface area contributed by atoms with Gasteiger partial charge in [-0.05, 0) is 12.1 Å². The van der Waals surface area contributed by atoms with Gasteiger partial charge in [-0.15, -0.1) is 6.42 Å². The molecule has 2 unspecified atom stereocenters. The van der Waals surface area contributed by atoms with Crippen LogP contribution in [0.15, 0.2) is 30.3 Å². The van der Waals surface area contributed by atoms with E-state index in [2.05, 4.69) is 11.2 Å². The molecule has 0 heterocycles. The lowest BCUT2D eigenvalue weighted by molar-refractivity contribution is 0.0851. The molecular weight excluding hydrogens is 186 g/mol. The first-order chi connectivity index (χ1) is 7.33. The molecule has 1 N–H and O–H groups in total. The molecule has 0 radical (unpaired) electrons. The van der Waals surface area contributed by atoms with E-state index in [1.807, 2.05) is 37.3 Å². The monoisotopic (exact) mass is 203 g/mol. The molecular formula is C13H17NO. The van der Waals surface area contributed by atoms with Gasteiger partial charge in [0.25, 0.3) is 0 Å². The van der Waals surface area contributed by atoms with Gasteiger partial charge in [-0.1, -0.05) is 43.2 Å². The van der Waals surface area contributed by atoms with Crippen molar-refractivity contribution < 1.29 is 4.74 Å². The highest BCUT2D eigenvalue weighted by atomic mass is 16.5. The Labute approximate surface area is 91.6 Å². The molecule has 15 heavy (non-hydrogen) atoms. The summed E-state index contributed by atoms with van der Waals surface area (Å²) < 4.78 is 5.44. The Bertz CT molecular complexity index is 315. The zero-order chi connectivity index (χ0) is 11.1. The third kappa shape index (κ3) is 3.09. The lowest BCUT2D eigenvalue weighted by atomic mass is 10.0. The first kappa shape index (κ1) is 11.8. The van der Waals surface area contributed by atoms with Crippen molar-refractivity contribution in [1.82, 2.24) is 5.32 Å². The van der Waals surface area contributed by atoms with Crippen molar-refractivity contribution in [1.29, 1.82) is 0 Å². The van der Waals surface area contributed by atoms with Crippen LogP contribution in [-0.2, 0) is 4.74 Å². The number of benzene rings is 1. The van der Waals surface area contributed by atoms with Crippen LogP contribution in [-0.4, -0.2) is 19.7 Å². The molecule has 0 saturated carbocycles. The van der Waals surface area contributed by atoms with Crippen LogP contribution < -0.4 is 5.32 Å². The maximum Gasteiger partial charge on any atom is 0.109 e. The minimum Gasteiger partial charge on any atom is -0.374 e. The fourth-order valence-electron chi connectivity index (χ4n) is 1.58. The van der Waals surface area contributed by atoms with Crippen molar-refractivity contribution in [2.45, 2.75) is 19.1 Å². The summed E-state index contributed by atoms with van der Waals surface area (Å²) in [5, 5.41) is 3.22. The largest absolute Gasteiger partial charge is 0.374 e.